The summed E-state index contributed by atoms with van der Waals surface area (Å²) < 4.78 is 3.74. The van der Waals surface area contributed by atoms with E-state index in [1.165, 1.54) is 11.1 Å². The first-order valence-corrected chi connectivity index (χ1v) is 9.15. The van der Waals surface area contributed by atoms with Crippen molar-refractivity contribution in [3.63, 3.8) is 0 Å². The van der Waals surface area contributed by atoms with E-state index in [0.717, 1.165) is 51.4 Å². The summed E-state index contributed by atoms with van der Waals surface area (Å²) in [4.78, 5) is 7.21. The van der Waals surface area contributed by atoms with E-state index in [1.54, 1.807) is 0 Å². The number of aryl methyl sites for hydroxylation is 3. The zero-order valence-electron chi connectivity index (χ0n) is 15.9. The van der Waals surface area contributed by atoms with Gasteiger partial charge in [0.1, 0.15) is 0 Å². The van der Waals surface area contributed by atoms with Gasteiger partial charge in [-0.3, -0.25) is 14.4 Å². The maximum Gasteiger partial charge on any atom is 0.193 e. The lowest BCUT2D eigenvalue weighted by Gasteiger charge is -2.21. The standard InChI is InChI=1S/C18H29N7.HI/c1-4-19-18(20-8-5-6-15-10-21-23(2)12-15)25-9-7-16(14-25)17-11-22-24(3)13-17;/h10-13,16H,4-9,14H2,1-3H3,(H,19,20);1H. The van der Waals surface area contributed by atoms with Crippen molar-refractivity contribution in [1.82, 2.24) is 29.8 Å². The minimum Gasteiger partial charge on any atom is -0.357 e. The molecule has 2 aromatic heterocycles. The quantitative estimate of drug-likeness (QED) is 0.304. The lowest BCUT2D eigenvalue weighted by Crippen LogP contribution is -2.40. The number of aromatic nitrogens is 4. The lowest BCUT2D eigenvalue weighted by molar-refractivity contribution is 0.485. The summed E-state index contributed by atoms with van der Waals surface area (Å²) >= 11 is 0. The van der Waals surface area contributed by atoms with Crippen LogP contribution in [0.3, 0.4) is 0 Å². The van der Waals surface area contributed by atoms with Crippen LogP contribution in [0.2, 0.25) is 0 Å². The fraction of sp³-hybridized carbons (Fsp3) is 0.611. The van der Waals surface area contributed by atoms with Crippen molar-refractivity contribution < 1.29 is 0 Å². The van der Waals surface area contributed by atoms with Crippen LogP contribution in [0.15, 0.2) is 29.8 Å². The Kier molecular flexibility index (Phi) is 7.92. The van der Waals surface area contributed by atoms with E-state index < -0.39 is 0 Å². The van der Waals surface area contributed by atoms with Gasteiger partial charge in [0.15, 0.2) is 5.96 Å². The minimum atomic E-state index is 0. The molecule has 1 atom stereocenters. The molecule has 3 rings (SSSR count). The van der Waals surface area contributed by atoms with E-state index in [-0.39, 0.29) is 24.0 Å². The number of aliphatic imine (C=N–C) groups is 1. The fourth-order valence-electron chi connectivity index (χ4n) is 3.37. The van der Waals surface area contributed by atoms with Crippen LogP contribution in [0.1, 0.15) is 36.8 Å². The molecule has 0 amide bonds. The van der Waals surface area contributed by atoms with Crippen LogP contribution in [0.25, 0.3) is 0 Å². The maximum absolute atomic E-state index is 4.83. The zero-order chi connectivity index (χ0) is 17.6. The summed E-state index contributed by atoms with van der Waals surface area (Å²) in [5.74, 6) is 1.59. The van der Waals surface area contributed by atoms with E-state index in [1.807, 2.05) is 35.9 Å². The molecule has 0 spiro atoms. The lowest BCUT2D eigenvalue weighted by atomic mass is 10.0. The summed E-state index contributed by atoms with van der Waals surface area (Å²) in [6, 6.07) is 0. The molecule has 26 heavy (non-hydrogen) atoms. The van der Waals surface area contributed by atoms with Crippen LogP contribution >= 0.6 is 24.0 Å². The highest BCUT2D eigenvalue weighted by atomic mass is 127. The first-order valence-electron chi connectivity index (χ1n) is 9.15. The number of halogens is 1. The Labute approximate surface area is 172 Å². The Balaban J connectivity index is 0.00000243. The number of nitrogens with zero attached hydrogens (tertiary/aromatic N) is 6. The molecule has 2 aromatic rings. The van der Waals surface area contributed by atoms with Gasteiger partial charge in [0.05, 0.1) is 12.4 Å². The predicted octanol–water partition coefficient (Wildman–Crippen LogP) is 2.16. The highest BCUT2D eigenvalue weighted by molar-refractivity contribution is 14.0. The third kappa shape index (κ3) is 5.46. The van der Waals surface area contributed by atoms with Crippen LogP contribution < -0.4 is 5.32 Å². The Morgan fingerprint density at radius 3 is 2.65 bits per heavy atom. The van der Waals surface area contributed by atoms with Gasteiger partial charge in [-0.2, -0.15) is 10.2 Å². The smallest absolute Gasteiger partial charge is 0.193 e. The van der Waals surface area contributed by atoms with Crippen molar-refractivity contribution in [2.24, 2.45) is 19.1 Å². The van der Waals surface area contributed by atoms with E-state index in [2.05, 4.69) is 39.7 Å². The molecule has 0 aromatic carbocycles. The van der Waals surface area contributed by atoms with Crippen LogP contribution in [0, 0.1) is 0 Å². The van der Waals surface area contributed by atoms with Crippen LogP contribution in [0.4, 0.5) is 0 Å². The highest BCUT2D eigenvalue weighted by Gasteiger charge is 2.26. The molecule has 144 valence electrons. The number of hydrogen-bond donors (Lipinski definition) is 1. The summed E-state index contributed by atoms with van der Waals surface area (Å²) in [5.41, 5.74) is 2.61. The third-order valence-corrected chi connectivity index (χ3v) is 4.66. The maximum atomic E-state index is 4.83. The largest absolute Gasteiger partial charge is 0.357 e. The van der Waals surface area contributed by atoms with Gasteiger partial charge in [-0.05, 0) is 37.3 Å². The van der Waals surface area contributed by atoms with E-state index in [0.29, 0.717) is 5.92 Å². The molecule has 3 heterocycles. The molecule has 1 N–H and O–H groups in total. The molecule has 1 aliphatic heterocycles. The molecule has 0 saturated carbocycles. The molecule has 7 nitrogen and oxygen atoms in total. The van der Waals surface area contributed by atoms with Gasteiger partial charge in [0, 0.05) is 58.6 Å². The van der Waals surface area contributed by atoms with Gasteiger partial charge in [-0.25, -0.2) is 0 Å². The molecular weight excluding hydrogens is 441 g/mol. The molecule has 1 aliphatic rings. The zero-order valence-corrected chi connectivity index (χ0v) is 18.3. The molecule has 8 heteroatoms. The number of nitrogens with one attached hydrogen (secondary N) is 1. The van der Waals surface area contributed by atoms with Crippen LogP contribution in [-0.4, -0.2) is 56.6 Å². The van der Waals surface area contributed by atoms with Gasteiger partial charge in [-0.15, -0.1) is 24.0 Å². The van der Waals surface area contributed by atoms with Gasteiger partial charge in [-0.1, -0.05) is 0 Å². The second-order valence-electron chi connectivity index (χ2n) is 6.74. The Morgan fingerprint density at radius 2 is 2.00 bits per heavy atom. The number of hydrogen-bond acceptors (Lipinski definition) is 3. The third-order valence-electron chi connectivity index (χ3n) is 4.66. The minimum absolute atomic E-state index is 0. The van der Waals surface area contributed by atoms with E-state index in [9.17, 15) is 0 Å². The second-order valence-corrected chi connectivity index (χ2v) is 6.74. The molecule has 0 radical (unpaired) electrons. The van der Waals surface area contributed by atoms with Crippen molar-refractivity contribution in [3.8, 4) is 0 Å². The summed E-state index contributed by atoms with van der Waals surface area (Å²) in [7, 11) is 3.93. The van der Waals surface area contributed by atoms with Gasteiger partial charge in [0.25, 0.3) is 0 Å². The number of likely N-dealkylation sites (tertiary alicyclic amines) is 1. The van der Waals surface area contributed by atoms with Crippen molar-refractivity contribution in [3.05, 3.63) is 35.9 Å². The normalized spacial score (nSPS) is 17.4. The van der Waals surface area contributed by atoms with E-state index >= 15 is 0 Å². The van der Waals surface area contributed by atoms with Crippen molar-refractivity contribution in [1.29, 1.82) is 0 Å². The topological polar surface area (TPSA) is 63.3 Å². The monoisotopic (exact) mass is 471 g/mol. The first kappa shape index (κ1) is 20.7. The van der Waals surface area contributed by atoms with E-state index in [4.69, 9.17) is 4.99 Å². The molecule has 1 fully saturated rings. The molecule has 0 aliphatic carbocycles. The van der Waals surface area contributed by atoms with Crippen molar-refractivity contribution >= 4 is 29.9 Å². The molecule has 0 bridgehead atoms. The highest BCUT2D eigenvalue weighted by Crippen LogP contribution is 2.26. The fourth-order valence-corrected chi connectivity index (χ4v) is 3.37. The molecular formula is C18H30IN7. The number of guanidine groups is 1. The van der Waals surface area contributed by atoms with Crippen LogP contribution in [0.5, 0.6) is 0 Å². The van der Waals surface area contributed by atoms with Gasteiger partial charge >= 0.3 is 0 Å². The SMILES string of the molecule is CCNC(=NCCCc1cnn(C)c1)N1CCC(c2cnn(C)c2)C1.I. The molecule has 1 unspecified atom stereocenters. The summed E-state index contributed by atoms with van der Waals surface area (Å²) in [6.07, 6.45) is 11.4. The Hall–Kier alpha value is -1.58. The summed E-state index contributed by atoms with van der Waals surface area (Å²) in [5, 5.41) is 12.0. The predicted molar refractivity (Wildman–Crippen MR) is 115 cm³/mol. The average Bonchev–Trinajstić information content (AvgIpc) is 3.31. The summed E-state index contributed by atoms with van der Waals surface area (Å²) in [6.45, 7) is 5.93. The van der Waals surface area contributed by atoms with Crippen molar-refractivity contribution in [2.75, 3.05) is 26.2 Å². The number of rotatable bonds is 6. The Bertz CT molecular complexity index is 706. The van der Waals surface area contributed by atoms with Gasteiger partial charge < -0.3 is 10.2 Å². The van der Waals surface area contributed by atoms with Gasteiger partial charge in [0.2, 0.25) is 0 Å². The van der Waals surface area contributed by atoms with Crippen molar-refractivity contribution in [2.45, 2.75) is 32.1 Å². The van der Waals surface area contributed by atoms with Crippen LogP contribution in [-0.2, 0) is 20.5 Å². The average molecular weight is 471 g/mol. The Morgan fingerprint density at radius 1 is 1.23 bits per heavy atom. The second kappa shape index (κ2) is 9.94. The molecule has 1 saturated heterocycles. The first-order chi connectivity index (χ1) is 12.2.